The van der Waals surface area contributed by atoms with Gasteiger partial charge in [-0.15, -0.1) is 0 Å². The van der Waals surface area contributed by atoms with E-state index in [2.05, 4.69) is 4.98 Å². The molecular weight excluding hydrogens is 200 g/mol. The molecule has 0 aliphatic carbocycles. The molecule has 0 saturated heterocycles. The van der Waals surface area contributed by atoms with E-state index < -0.39 is 12.2 Å². The van der Waals surface area contributed by atoms with Crippen LogP contribution in [0, 0.1) is 6.92 Å². The highest BCUT2D eigenvalue weighted by atomic mass is 19.3. The standard InChI is InChI=1S/C11H9F2NO/c1-6-3-2-4-8-9(6)7(5-14-8)10(15)11(12)13/h2-5,11,14H,1H3. The minimum absolute atomic E-state index is 0.0677. The fourth-order valence-corrected chi connectivity index (χ4v) is 1.68. The van der Waals surface area contributed by atoms with Gasteiger partial charge in [-0.3, -0.25) is 4.79 Å². The van der Waals surface area contributed by atoms with Crippen LogP contribution >= 0.6 is 0 Å². The highest BCUT2D eigenvalue weighted by Crippen LogP contribution is 2.23. The molecule has 78 valence electrons. The Labute approximate surface area is 84.9 Å². The van der Waals surface area contributed by atoms with Crippen molar-refractivity contribution in [2.24, 2.45) is 0 Å². The van der Waals surface area contributed by atoms with Crippen LogP contribution in [0.2, 0.25) is 0 Å². The number of hydrogen-bond donors (Lipinski definition) is 1. The van der Waals surface area contributed by atoms with Crippen molar-refractivity contribution in [3.63, 3.8) is 0 Å². The predicted molar refractivity (Wildman–Crippen MR) is 53.4 cm³/mol. The van der Waals surface area contributed by atoms with Gasteiger partial charge in [0.2, 0.25) is 5.78 Å². The van der Waals surface area contributed by atoms with Gasteiger partial charge in [0.1, 0.15) is 0 Å². The highest BCUT2D eigenvalue weighted by molar-refractivity contribution is 6.10. The first-order valence-electron chi connectivity index (χ1n) is 4.50. The SMILES string of the molecule is Cc1cccc2[nH]cc(C(=O)C(F)F)c12. The summed E-state index contributed by atoms with van der Waals surface area (Å²) in [5.74, 6) is -1.13. The first-order chi connectivity index (χ1) is 7.11. The van der Waals surface area contributed by atoms with Gasteiger partial charge < -0.3 is 4.98 Å². The third-order valence-corrected chi connectivity index (χ3v) is 2.38. The molecule has 1 aromatic carbocycles. The van der Waals surface area contributed by atoms with E-state index in [1.807, 2.05) is 6.07 Å². The van der Waals surface area contributed by atoms with E-state index in [0.717, 1.165) is 5.56 Å². The van der Waals surface area contributed by atoms with Gasteiger partial charge in [-0.1, -0.05) is 12.1 Å². The molecule has 1 heterocycles. The summed E-state index contributed by atoms with van der Waals surface area (Å²) in [6.07, 6.45) is -1.62. The van der Waals surface area contributed by atoms with E-state index in [1.165, 1.54) is 6.20 Å². The van der Waals surface area contributed by atoms with E-state index in [9.17, 15) is 13.6 Å². The van der Waals surface area contributed by atoms with E-state index in [0.29, 0.717) is 10.9 Å². The number of Topliss-reactive ketones (excluding diaryl/α,β-unsaturated/α-hetero) is 1. The molecule has 4 heteroatoms. The Morgan fingerprint density at radius 3 is 2.80 bits per heavy atom. The number of nitrogens with one attached hydrogen (secondary N) is 1. The van der Waals surface area contributed by atoms with Crippen LogP contribution in [-0.2, 0) is 0 Å². The Morgan fingerprint density at radius 2 is 2.13 bits per heavy atom. The van der Waals surface area contributed by atoms with Crippen LogP contribution in [0.15, 0.2) is 24.4 Å². The normalized spacial score (nSPS) is 11.2. The second-order valence-electron chi connectivity index (χ2n) is 3.36. The van der Waals surface area contributed by atoms with Crippen LogP contribution in [0.5, 0.6) is 0 Å². The third-order valence-electron chi connectivity index (χ3n) is 2.38. The topological polar surface area (TPSA) is 32.9 Å². The maximum Gasteiger partial charge on any atom is 0.300 e. The van der Waals surface area contributed by atoms with E-state index in [4.69, 9.17) is 0 Å². The van der Waals surface area contributed by atoms with E-state index >= 15 is 0 Å². The molecule has 0 saturated carbocycles. The Kier molecular flexibility index (Phi) is 2.26. The maximum absolute atomic E-state index is 12.3. The molecular formula is C11H9F2NO. The third kappa shape index (κ3) is 1.52. The summed E-state index contributed by atoms with van der Waals surface area (Å²) in [6.45, 7) is 1.79. The number of H-pyrrole nitrogens is 1. The Morgan fingerprint density at radius 1 is 1.40 bits per heavy atom. The quantitative estimate of drug-likeness (QED) is 0.758. The molecule has 1 N–H and O–H groups in total. The summed E-state index contributed by atoms with van der Waals surface area (Å²) < 4.78 is 24.6. The lowest BCUT2D eigenvalue weighted by atomic mass is 10.1. The average Bonchev–Trinajstić information content (AvgIpc) is 2.61. The lowest BCUT2D eigenvalue weighted by Gasteiger charge is -2.00. The molecule has 0 radical (unpaired) electrons. The van der Waals surface area contributed by atoms with Gasteiger partial charge in [-0.05, 0) is 18.6 Å². The van der Waals surface area contributed by atoms with Crippen LogP contribution in [0.4, 0.5) is 8.78 Å². The molecule has 1 aromatic heterocycles. The molecule has 0 bridgehead atoms. The van der Waals surface area contributed by atoms with E-state index in [1.54, 1.807) is 19.1 Å². The summed E-state index contributed by atoms with van der Waals surface area (Å²) in [6, 6.07) is 5.35. The van der Waals surface area contributed by atoms with Crippen molar-refractivity contribution in [1.29, 1.82) is 0 Å². The lowest BCUT2D eigenvalue weighted by Crippen LogP contribution is -2.09. The Bertz CT molecular complexity index is 516. The molecule has 0 fully saturated rings. The van der Waals surface area contributed by atoms with Gasteiger partial charge in [0.25, 0.3) is 0 Å². The number of alkyl halides is 2. The molecule has 2 rings (SSSR count). The smallest absolute Gasteiger partial charge is 0.300 e. The maximum atomic E-state index is 12.3. The summed E-state index contributed by atoms with van der Waals surface area (Å²) in [5, 5.41) is 0.586. The molecule has 0 aliphatic heterocycles. The molecule has 0 unspecified atom stereocenters. The monoisotopic (exact) mass is 209 g/mol. The summed E-state index contributed by atoms with van der Waals surface area (Å²) in [5.41, 5.74) is 1.59. The number of aryl methyl sites for hydroxylation is 1. The number of halogens is 2. The van der Waals surface area contributed by atoms with Crippen molar-refractivity contribution < 1.29 is 13.6 Å². The first-order valence-corrected chi connectivity index (χ1v) is 4.50. The molecule has 2 aromatic rings. The Balaban J connectivity index is 2.67. The second kappa shape index (κ2) is 3.46. The van der Waals surface area contributed by atoms with Gasteiger partial charge in [-0.2, -0.15) is 0 Å². The van der Waals surface area contributed by atoms with Crippen molar-refractivity contribution in [3.8, 4) is 0 Å². The van der Waals surface area contributed by atoms with Gasteiger partial charge in [0, 0.05) is 22.7 Å². The molecule has 2 nitrogen and oxygen atoms in total. The number of carbonyl (C=O) groups is 1. The van der Waals surface area contributed by atoms with Crippen LogP contribution in [0.1, 0.15) is 15.9 Å². The van der Waals surface area contributed by atoms with Gasteiger partial charge in [0.05, 0.1) is 0 Å². The number of rotatable bonds is 2. The number of ketones is 1. The number of hydrogen-bond acceptors (Lipinski definition) is 1. The first kappa shape index (κ1) is 9.83. The lowest BCUT2D eigenvalue weighted by molar-refractivity contribution is 0.0680. The zero-order valence-corrected chi connectivity index (χ0v) is 8.05. The largest absolute Gasteiger partial charge is 0.360 e. The van der Waals surface area contributed by atoms with Crippen molar-refractivity contribution in [2.75, 3.05) is 0 Å². The summed E-state index contributed by atoms with van der Waals surface area (Å²) in [7, 11) is 0. The minimum Gasteiger partial charge on any atom is -0.360 e. The number of benzene rings is 1. The molecule has 0 spiro atoms. The van der Waals surface area contributed by atoms with Crippen molar-refractivity contribution >= 4 is 16.7 Å². The fourth-order valence-electron chi connectivity index (χ4n) is 1.68. The molecule has 15 heavy (non-hydrogen) atoms. The van der Waals surface area contributed by atoms with Crippen LogP contribution < -0.4 is 0 Å². The highest BCUT2D eigenvalue weighted by Gasteiger charge is 2.21. The number of fused-ring (bicyclic) bond motifs is 1. The van der Waals surface area contributed by atoms with Crippen LogP contribution in [0.3, 0.4) is 0 Å². The molecule has 0 amide bonds. The zero-order chi connectivity index (χ0) is 11.0. The van der Waals surface area contributed by atoms with Crippen molar-refractivity contribution in [3.05, 3.63) is 35.5 Å². The predicted octanol–water partition coefficient (Wildman–Crippen LogP) is 2.92. The van der Waals surface area contributed by atoms with Gasteiger partial charge in [-0.25, -0.2) is 8.78 Å². The average molecular weight is 209 g/mol. The summed E-state index contributed by atoms with van der Waals surface area (Å²) >= 11 is 0. The number of carbonyl (C=O) groups excluding carboxylic acids is 1. The fraction of sp³-hybridized carbons (Fsp3) is 0.182. The van der Waals surface area contributed by atoms with Crippen LogP contribution in [-0.4, -0.2) is 17.2 Å². The van der Waals surface area contributed by atoms with Crippen molar-refractivity contribution in [2.45, 2.75) is 13.3 Å². The molecule has 0 atom stereocenters. The van der Waals surface area contributed by atoms with Gasteiger partial charge in [0.15, 0.2) is 0 Å². The van der Waals surface area contributed by atoms with Crippen molar-refractivity contribution in [1.82, 2.24) is 4.98 Å². The van der Waals surface area contributed by atoms with E-state index in [-0.39, 0.29) is 5.56 Å². The number of aromatic nitrogens is 1. The zero-order valence-electron chi connectivity index (χ0n) is 8.05. The molecule has 0 aliphatic rings. The minimum atomic E-state index is -2.95. The van der Waals surface area contributed by atoms with Gasteiger partial charge >= 0.3 is 6.43 Å². The second-order valence-corrected chi connectivity index (χ2v) is 3.36. The van der Waals surface area contributed by atoms with Crippen LogP contribution in [0.25, 0.3) is 10.9 Å². The Hall–Kier alpha value is -1.71. The summed E-state index contributed by atoms with van der Waals surface area (Å²) in [4.78, 5) is 14.0. The number of aromatic amines is 1.